The average molecular weight is 199 g/mol. The van der Waals surface area contributed by atoms with Gasteiger partial charge in [0.1, 0.15) is 0 Å². The van der Waals surface area contributed by atoms with E-state index in [-0.39, 0.29) is 17.9 Å². The van der Waals surface area contributed by atoms with E-state index in [4.69, 9.17) is 0 Å². The van der Waals surface area contributed by atoms with Gasteiger partial charge < -0.3 is 15.5 Å². The van der Waals surface area contributed by atoms with Gasteiger partial charge in [0.2, 0.25) is 11.8 Å². The van der Waals surface area contributed by atoms with E-state index < -0.39 is 0 Å². The third kappa shape index (κ3) is 3.74. The number of nitrogens with one attached hydrogen (secondary N) is 2. The van der Waals surface area contributed by atoms with Crippen molar-refractivity contribution >= 4 is 11.8 Å². The van der Waals surface area contributed by atoms with Gasteiger partial charge in [0.05, 0.1) is 6.04 Å². The molecule has 14 heavy (non-hydrogen) atoms. The maximum atomic E-state index is 11.3. The first kappa shape index (κ1) is 11.0. The van der Waals surface area contributed by atoms with Gasteiger partial charge in [-0.2, -0.15) is 0 Å². The Morgan fingerprint density at radius 1 is 1.64 bits per heavy atom. The molecule has 0 saturated carbocycles. The summed E-state index contributed by atoms with van der Waals surface area (Å²) in [5, 5.41) is 5.49. The number of hydrogen-bond donors (Lipinski definition) is 2. The molecule has 1 fully saturated rings. The largest absolute Gasteiger partial charge is 0.354 e. The van der Waals surface area contributed by atoms with E-state index in [0.29, 0.717) is 19.4 Å². The van der Waals surface area contributed by atoms with E-state index in [9.17, 15) is 9.59 Å². The second kappa shape index (κ2) is 4.95. The quantitative estimate of drug-likeness (QED) is 0.607. The second-order valence-corrected chi connectivity index (χ2v) is 3.83. The van der Waals surface area contributed by atoms with Crippen LogP contribution in [0, 0.1) is 0 Å². The number of carbonyl (C=O) groups excluding carboxylic acids is 2. The first-order valence-corrected chi connectivity index (χ1v) is 4.78. The first-order chi connectivity index (χ1) is 6.58. The predicted octanol–water partition coefficient (Wildman–Crippen LogP) is -1.06. The number of nitrogens with zero attached hydrogens (tertiary/aromatic N) is 1. The van der Waals surface area contributed by atoms with Gasteiger partial charge in [-0.15, -0.1) is 0 Å². The van der Waals surface area contributed by atoms with Crippen LogP contribution in [0.5, 0.6) is 0 Å². The number of carbonyl (C=O) groups is 2. The van der Waals surface area contributed by atoms with Gasteiger partial charge in [0, 0.05) is 25.9 Å². The summed E-state index contributed by atoms with van der Waals surface area (Å²) in [6.45, 7) is 1.30. The standard InChI is InChI=1S/C9H17N3O2/c1-12(2)4-3-8(13)11-7-5-9(14)10-6-7/h7H,3-6H2,1-2H3,(H,10,14)(H,11,13). The fourth-order valence-corrected chi connectivity index (χ4v) is 1.33. The second-order valence-electron chi connectivity index (χ2n) is 3.83. The molecule has 0 aromatic heterocycles. The fraction of sp³-hybridized carbons (Fsp3) is 0.778. The molecule has 0 aromatic carbocycles. The normalized spacial score (nSPS) is 21.1. The Hall–Kier alpha value is -1.10. The monoisotopic (exact) mass is 199 g/mol. The van der Waals surface area contributed by atoms with Crippen molar-refractivity contribution in [1.82, 2.24) is 15.5 Å². The third-order valence-corrected chi connectivity index (χ3v) is 2.13. The number of hydrogen-bond acceptors (Lipinski definition) is 3. The smallest absolute Gasteiger partial charge is 0.222 e. The molecule has 2 amide bonds. The van der Waals surface area contributed by atoms with E-state index >= 15 is 0 Å². The lowest BCUT2D eigenvalue weighted by atomic mass is 10.2. The number of rotatable bonds is 4. The lowest BCUT2D eigenvalue weighted by Crippen LogP contribution is -2.37. The van der Waals surface area contributed by atoms with Crippen molar-refractivity contribution in [1.29, 1.82) is 0 Å². The molecule has 1 atom stereocenters. The minimum atomic E-state index is -0.0165. The average Bonchev–Trinajstić information content (AvgIpc) is 2.48. The summed E-state index contributed by atoms with van der Waals surface area (Å²) in [6.07, 6.45) is 0.894. The van der Waals surface area contributed by atoms with Gasteiger partial charge in [-0.05, 0) is 14.1 Å². The molecule has 0 spiro atoms. The van der Waals surface area contributed by atoms with Crippen LogP contribution in [0.1, 0.15) is 12.8 Å². The summed E-state index contributed by atoms with van der Waals surface area (Å²) >= 11 is 0. The number of amides is 2. The molecule has 2 N–H and O–H groups in total. The van der Waals surface area contributed by atoms with Gasteiger partial charge in [0.15, 0.2) is 0 Å². The molecule has 1 aliphatic rings. The van der Waals surface area contributed by atoms with Crippen LogP contribution in [-0.4, -0.2) is 49.9 Å². The SMILES string of the molecule is CN(C)CCC(=O)NC1CNC(=O)C1. The summed E-state index contributed by atoms with van der Waals surface area (Å²) in [4.78, 5) is 24.1. The molecule has 1 heterocycles. The van der Waals surface area contributed by atoms with Crippen LogP contribution in [0.2, 0.25) is 0 Å². The lowest BCUT2D eigenvalue weighted by Gasteiger charge is -2.12. The summed E-state index contributed by atoms with van der Waals surface area (Å²) in [7, 11) is 3.85. The van der Waals surface area contributed by atoms with E-state index in [1.54, 1.807) is 0 Å². The minimum Gasteiger partial charge on any atom is -0.354 e. The van der Waals surface area contributed by atoms with Crippen molar-refractivity contribution in [2.75, 3.05) is 27.2 Å². The Labute approximate surface area is 83.8 Å². The zero-order valence-electron chi connectivity index (χ0n) is 8.67. The van der Waals surface area contributed by atoms with Crippen molar-refractivity contribution < 1.29 is 9.59 Å². The molecular weight excluding hydrogens is 182 g/mol. The Bertz CT molecular complexity index is 228. The summed E-state index contributed by atoms with van der Waals surface area (Å²) in [5.41, 5.74) is 0. The Morgan fingerprint density at radius 3 is 2.86 bits per heavy atom. The van der Waals surface area contributed by atoms with Crippen molar-refractivity contribution in [2.24, 2.45) is 0 Å². The van der Waals surface area contributed by atoms with Crippen LogP contribution in [0.4, 0.5) is 0 Å². The first-order valence-electron chi connectivity index (χ1n) is 4.78. The van der Waals surface area contributed by atoms with Crippen LogP contribution in [0.25, 0.3) is 0 Å². The Morgan fingerprint density at radius 2 is 2.36 bits per heavy atom. The van der Waals surface area contributed by atoms with Crippen LogP contribution in [0.15, 0.2) is 0 Å². The van der Waals surface area contributed by atoms with Gasteiger partial charge in [-0.3, -0.25) is 9.59 Å². The zero-order chi connectivity index (χ0) is 10.6. The van der Waals surface area contributed by atoms with Crippen LogP contribution < -0.4 is 10.6 Å². The highest BCUT2D eigenvalue weighted by atomic mass is 16.2. The molecule has 1 aliphatic heterocycles. The van der Waals surface area contributed by atoms with E-state index in [1.807, 2.05) is 19.0 Å². The van der Waals surface area contributed by atoms with Crippen molar-refractivity contribution in [3.05, 3.63) is 0 Å². The highest BCUT2D eigenvalue weighted by Crippen LogP contribution is 1.99. The molecule has 0 aromatic rings. The van der Waals surface area contributed by atoms with Gasteiger partial charge in [-0.1, -0.05) is 0 Å². The maximum Gasteiger partial charge on any atom is 0.222 e. The topological polar surface area (TPSA) is 61.4 Å². The predicted molar refractivity (Wildman–Crippen MR) is 52.7 cm³/mol. The van der Waals surface area contributed by atoms with E-state index in [1.165, 1.54) is 0 Å². The summed E-state index contributed by atoms with van der Waals surface area (Å²) < 4.78 is 0. The maximum absolute atomic E-state index is 11.3. The molecule has 5 heteroatoms. The van der Waals surface area contributed by atoms with Crippen LogP contribution in [0.3, 0.4) is 0 Å². The molecule has 5 nitrogen and oxygen atoms in total. The van der Waals surface area contributed by atoms with Gasteiger partial charge in [-0.25, -0.2) is 0 Å². The Kier molecular flexibility index (Phi) is 3.88. The van der Waals surface area contributed by atoms with Crippen molar-refractivity contribution in [3.63, 3.8) is 0 Å². The molecule has 0 bridgehead atoms. The minimum absolute atomic E-state index is 0.0141. The molecule has 1 rings (SSSR count). The fourth-order valence-electron chi connectivity index (χ4n) is 1.33. The Balaban J connectivity index is 2.17. The van der Waals surface area contributed by atoms with E-state index in [2.05, 4.69) is 10.6 Å². The van der Waals surface area contributed by atoms with Gasteiger partial charge >= 0.3 is 0 Å². The highest BCUT2D eigenvalue weighted by molar-refractivity contribution is 5.82. The third-order valence-electron chi connectivity index (χ3n) is 2.13. The summed E-state index contributed by atoms with van der Waals surface area (Å²) in [6, 6.07) is -0.0165. The van der Waals surface area contributed by atoms with Crippen LogP contribution >= 0.6 is 0 Å². The molecule has 0 aliphatic carbocycles. The van der Waals surface area contributed by atoms with Crippen LogP contribution in [-0.2, 0) is 9.59 Å². The van der Waals surface area contributed by atoms with Gasteiger partial charge in [0.25, 0.3) is 0 Å². The molecular formula is C9H17N3O2. The zero-order valence-corrected chi connectivity index (χ0v) is 8.67. The highest BCUT2D eigenvalue weighted by Gasteiger charge is 2.22. The molecule has 80 valence electrons. The molecule has 1 saturated heterocycles. The van der Waals surface area contributed by atoms with E-state index in [0.717, 1.165) is 6.54 Å². The van der Waals surface area contributed by atoms with Crippen molar-refractivity contribution in [2.45, 2.75) is 18.9 Å². The molecule has 1 unspecified atom stereocenters. The van der Waals surface area contributed by atoms with Crippen molar-refractivity contribution in [3.8, 4) is 0 Å². The lowest BCUT2D eigenvalue weighted by molar-refractivity contribution is -0.122. The summed E-state index contributed by atoms with van der Waals surface area (Å²) in [5.74, 6) is 0.0307. The molecule has 0 radical (unpaired) electrons.